The van der Waals surface area contributed by atoms with Crippen molar-refractivity contribution in [3.05, 3.63) is 11.6 Å². The predicted molar refractivity (Wildman–Crippen MR) is 154 cm³/mol. The zero-order chi connectivity index (χ0) is 28.9. The van der Waals surface area contributed by atoms with Gasteiger partial charge in [-0.3, -0.25) is 4.79 Å². The Kier molecular flexibility index (Phi) is 8.32. The van der Waals surface area contributed by atoms with E-state index in [1.54, 1.807) is 6.92 Å². The molecule has 3 rings (SSSR count). The van der Waals surface area contributed by atoms with Crippen molar-refractivity contribution in [2.75, 3.05) is 6.61 Å². The highest BCUT2D eigenvalue weighted by Crippen LogP contribution is 2.68. The van der Waals surface area contributed by atoms with Crippen LogP contribution in [0.1, 0.15) is 127 Å². The fourth-order valence-corrected chi connectivity index (χ4v) is 9.62. The number of Topliss-reactive ketones (excluding diaryl/α,β-unsaturated/α-hetero) is 2. The molecule has 3 aliphatic rings. The van der Waals surface area contributed by atoms with Gasteiger partial charge in [-0.05, 0) is 103 Å². The maximum Gasteiger partial charge on any atom is 0.178 e. The Morgan fingerprint density at radius 2 is 1.74 bits per heavy atom. The highest BCUT2D eigenvalue weighted by atomic mass is 16.3. The molecule has 0 amide bonds. The van der Waals surface area contributed by atoms with E-state index in [1.807, 2.05) is 19.9 Å². The van der Waals surface area contributed by atoms with Crippen LogP contribution in [0.25, 0.3) is 0 Å². The fraction of sp³-hybridized carbons (Fsp3) is 0.853. The molecule has 0 heterocycles. The van der Waals surface area contributed by atoms with E-state index in [4.69, 9.17) is 0 Å². The minimum absolute atomic E-state index is 0.0490. The summed E-state index contributed by atoms with van der Waals surface area (Å²) in [6, 6.07) is 2.21. The van der Waals surface area contributed by atoms with Crippen LogP contribution in [0.15, 0.2) is 11.6 Å². The third-order valence-corrected chi connectivity index (χ3v) is 12.6. The molecule has 1 unspecified atom stereocenters. The molecule has 0 aromatic rings. The van der Waals surface area contributed by atoms with E-state index in [-0.39, 0.29) is 51.8 Å². The van der Waals surface area contributed by atoms with Gasteiger partial charge in [0, 0.05) is 18.4 Å². The van der Waals surface area contributed by atoms with Crippen molar-refractivity contribution in [2.45, 2.75) is 127 Å². The Bertz CT molecular complexity index is 1010. The maximum atomic E-state index is 13.2. The molecule has 6 atom stereocenters. The number of fused-ring (bicyclic) bond motifs is 1. The van der Waals surface area contributed by atoms with E-state index >= 15 is 0 Å². The molecule has 0 radical (unpaired) electrons. The second kappa shape index (κ2) is 10.2. The van der Waals surface area contributed by atoms with Gasteiger partial charge in [0.05, 0.1) is 5.57 Å². The number of carbonyl (C=O) groups excluding carboxylic acids is 2. The first kappa shape index (κ1) is 31.1. The second-order valence-corrected chi connectivity index (χ2v) is 16.0. The van der Waals surface area contributed by atoms with E-state index in [1.165, 1.54) is 12.8 Å². The van der Waals surface area contributed by atoms with Crippen LogP contribution in [0.4, 0.5) is 0 Å². The number of ketones is 2. The van der Waals surface area contributed by atoms with Gasteiger partial charge in [0.1, 0.15) is 11.9 Å². The van der Waals surface area contributed by atoms with Crippen molar-refractivity contribution >= 4 is 11.6 Å². The largest absolute Gasteiger partial charge is 0.396 e. The SMILES string of the molecule is CC(=O)C[C@@H]1[C@@]2(C)C=C(C#N)C(=O)C(C)(C)[C@@H]2CC[C@@]1(C)C(C)(C)CC[C@@]1(CCO)CCC(C)(C)CC1C. The highest BCUT2D eigenvalue weighted by molar-refractivity contribution is 6.04. The summed E-state index contributed by atoms with van der Waals surface area (Å²) in [5.41, 5.74) is -0.423. The number of carbonyl (C=O) groups is 2. The number of allylic oxidation sites excluding steroid dienone is 2. The van der Waals surface area contributed by atoms with E-state index in [9.17, 15) is 20.0 Å². The molecule has 4 nitrogen and oxygen atoms in total. The van der Waals surface area contributed by atoms with Gasteiger partial charge in [0.25, 0.3) is 0 Å². The summed E-state index contributed by atoms with van der Waals surface area (Å²) in [6.45, 7) is 22.5. The Morgan fingerprint density at radius 3 is 2.26 bits per heavy atom. The average Bonchev–Trinajstić information content (AvgIpc) is 2.79. The summed E-state index contributed by atoms with van der Waals surface area (Å²) >= 11 is 0. The van der Waals surface area contributed by atoms with Crippen LogP contribution >= 0.6 is 0 Å². The highest BCUT2D eigenvalue weighted by Gasteiger charge is 2.63. The third-order valence-electron chi connectivity index (χ3n) is 12.6. The lowest BCUT2D eigenvalue weighted by atomic mass is 9.39. The molecule has 0 bridgehead atoms. The van der Waals surface area contributed by atoms with Crippen molar-refractivity contribution in [2.24, 2.45) is 50.2 Å². The zero-order valence-electron chi connectivity index (χ0n) is 26.1. The van der Waals surface area contributed by atoms with Gasteiger partial charge >= 0.3 is 0 Å². The van der Waals surface area contributed by atoms with E-state index in [0.29, 0.717) is 17.8 Å². The van der Waals surface area contributed by atoms with Crippen molar-refractivity contribution < 1.29 is 14.7 Å². The monoisotopic (exact) mass is 525 g/mol. The molecule has 0 aliphatic heterocycles. The first-order valence-corrected chi connectivity index (χ1v) is 15.1. The van der Waals surface area contributed by atoms with Crippen LogP contribution in [0, 0.1) is 61.6 Å². The van der Waals surface area contributed by atoms with Gasteiger partial charge in [-0.1, -0.05) is 68.4 Å². The molecule has 4 heteroatoms. The molecule has 0 aromatic carbocycles. The molecule has 2 fully saturated rings. The molecule has 38 heavy (non-hydrogen) atoms. The molecule has 0 saturated heterocycles. The van der Waals surface area contributed by atoms with Gasteiger partial charge in [-0.2, -0.15) is 5.26 Å². The van der Waals surface area contributed by atoms with E-state index in [2.05, 4.69) is 54.5 Å². The number of hydrogen-bond donors (Lipinski definition) is 1. The third kappa shape index (κ3) is 5.07. The molecule has 1 N–H and O–H groups in total. The summed E-state index contributed by atoms with van der Waals surface area (Å²) in [5.74, 6) is 0.852. The molecule has 3 aliphatic carbocycles. The minimum Gasteiger partial charge on any atom is -0.396 e. The molecular weight excluding hydrogens is 470 g/mol. The summed E-state index contributed by atoms with van der Waals surface area (Å²) in [7, 11) is 0. The number of nitriles is 1. The van der Waals surface area contributed by atoms with Gasteiger partial charge in [-0.15, -0.1) is 0 Å². The van der Waals surface area contributed by atoms with Crippen molar-refractivity contribution in [1.82, 2.24) is 0 Å². The first-order valence-electron chi connectivity index (χ1n) is 15.1. The second-order valence-electron chi connectivity index (χ2n) is 16.0. The number of aliphatic hydroxyl groups excluding tert-OH is 1. The molecule has 214 valence electrons. The van der Waals surface area contributed by atoms with Gasteiger partial charge in [0.2, 0.25) is 0 Å². The van der Waals surface area contributed by atoms with Crippen LogP contribution < -0.4 is 0 Å². The summed E-state index contributed by atoms with van der Waals surface area (Å²) < 4.78 is 0. The summed E-state index contributed by atoms with van der Waals surface area (Å²) in [4.78, 5) is 26.0. The standard InChI is InChI=1S/C34H55NO3/c1-23-20-29(3,4)13-15-34(23,17-18-36)16-14-30(5,6)33(10)12-11-26-31(7,8)28(38)25(22-35)21-32(26,9)27(33)19-24(2)37/h21,23,26-27,36H,11-20H2,1-10H3/t23?,26-,27+,32-,33+,34+/m0/s1. The number of rotatable bonds is 8. The smallest absolute Gasteiger partial charge is 0.178 e. The normalized spacial score (nSPS) is 38.6. The molecule has 2 saturated carbocycles. The Hall–Kier alpha value is -1.47. The maximum absolute atomic E-state index is 13.2. The Labute approximate surface area is 233 Å². The van der Waals surface area contributed by atoms with Crippen LogP contribution in [-0.2, 0) is 9.59 Å². The number of hydrogen-bond acceptors (Lipinski definition) is 4. The molecular formula is C34H55NO3. The lowest BCUT2D eigenvalue weighted by Gasteiger charge is -2.64. The zero-order valence-corrected chi connectivity index (χ0v) is 26.1. The van der Waals surface area contributed by atoms with Crippen LogP contribution in [0.2, 0.25) is 0 Å². The van der Waals surface area contributed by atoms with Gasteiger partial charge in [0.15, 0.2) is 5.78 Å². The quantitative estimate of drug-likeness (QED) is 0.347. The molecule has 0 aromatic heterocycles. The van der Waals surface area contributed by atoms with Crippen molar-refractivity contribution in [1.29, 1.82) is 5.26 Å². The average molecular weight is 526 g/mol. The summed E-state index contributed by atoms with van der Waals surface area (Å²) in [5, 5.41) is 20.0. The van der Waals surface area contributed by atoms with Crippen LogP contribution in [-0.4, -0.2) is 23.3 Å². The lowest BCUT2D eigenvalue weighted by molar-refractivity contribution is -0.156. The van der Waals surface area contributed by atoms with Gasteiger partial charge in [-0.25, -0.2) is 0 Å². The van der Waals surface area contributed by atoms with Crippen molar-refractivity contribution in [3.8, 4) is 6.07 Å². The number of nitrogens with zero attached hydrogens (tertiary/aromatic N) is 1. The summed E-state index contributed by atoms with van der Waals surface area (Å²) in [6.07, 6.45) is 10.9. The predicted octanol–water partition coefficient (Wildman–Crippen LogP) is 8.08. The van der Waals surface area contributed by atoms with E-state index in [0.717, 1.165) is 38.5 Å². The Morgan fingerprint density at radius 1 is 1.11 bits per heavy atom. The van der Waals surface area contributed by atoms with Crippen LogP contribution in [0.3, 0.4) is 0 Å². The topological polar surface area (TPSA) is 78.2 Å². The van der Waals surface area contributed by atoms with Crippen LogP contribution in [0.5, 0.6) is 0 Å². The van der Waals surface area contributed by atoms with Crippen molar-refractivity contribution in [3.63, 3.8) is 0 Å². The van der Waals surface area contributed by atoms with Gasteiger partial charge < -0.3 is 9.90 Å². The fourth-order valence-electron chi connectivity index (χ4n) is 9.62. The minimum atomic E-state index is -0.620. The van der Waals surface area contributed by atoms with E-state index < -0.39 is 10.8 Å². The first-order chi connectivity index (χ1) is 17.3. The lowest BCUT2D eigenvalue weighted by Crippen LogP contribution is -2.60. The molecule has 0 spiro atoms. The Balaban J connectivity index is 2.02. The number of aliphatic hydroxyl groups is 1.